The molecular formula is C30H50O. The molecule has 1 aromatic rings. The summed E-state index contributed by atoms with van der Waals surface area (Å²) < 4.78 is 6.09. The van der Waals surface area contributed by atoms with E-state index >= 15 is 0 Å². The summed E-state index contributed by atoms with van der Waals surface area (Å²) in [7, 11) is 0. The van der Waals surface area contributed by atoms with Gasteiger partial charge in [0.25, 0.3) is 0 Å². The Morgan fingerprint density at radius 3 is 1.71 bits per heavy atom. The lowest BCUT2D eigenvalue weighted by Gasteiger charge is -2.29. The molecule has 1 nitrogen and oxygen atoms in total. The molecule has 0 atom stereocenters. The molecule has 2 aliphatic carbocycles. The average molecular weight is 427 g/mol. The molecule has 2 saturated carbocycles. The molecule has 0 radical (unpaired) electrons. The van der Waals surface area contributed by atoms with Crippen molar-refractivity contribution in [1.29, 1.82) is 0 Å². The summed E-state index contributed by atoms with van der Waals surface area (Å²) in [5.41, 5.74) is 1.54. The van der Waals surface area contributed by atoms with Crippen LogP contribution in [-0.2, 0) is 0 Å². The van der Waals surface area contributed by atoms with Crippen molar-refractivity contribution < 1.29 is 4.74 Å². The number of rotatable bonds is 13. The standard InChI is InChI=1S/C30H50O/c1-3-5-7-10-26-16-18-28(19-17-26)29-20-22-30(23-21-29)31-24-8-11-27-14-12-25(13-15-27)9-6-4-2/h20-23,25-28H,3-19,24H2,1-2H3. The maximum atomic E-state index is 6.09. The second-order valence-corrected chi connectivity index (χ2v) is 10.8. The van der Waals surface area contributed by atoms with Gasteiger partial charge < -0.3 is 4.74 Å². The molecule has 0 N–H and O–H groups in total. The van der Waals surface area contributed by atoms with Gasteiger partial charge in [-0.1, -0.05) is 96.6 Å². The minimum absolute atomic E-state index is 0.781. The Labute approximate surface area is 193 Å². The first-order valence-electron chi connectivity index (χ1n) is 14.0. The van der Waals surface area contributed by atoms with Crippen LogP contribution in [-0.4, -0.2) is 6.61 Å². The highest BCUT2D eigenvalue weighted by atomic mass is 16.5. The van der Waals surface area contributed by atoms with Crippen LogP contribution in [0.3, 0.4) is 0 Å². The summed E-state index contributed by atoms with van der Waals surface area (Å²) in [4.78, 5) is 0. The lowest BCUT2D eigenvalue weighted by atomic mass is 9.77. The zero-order valence-electron chi connectivity index (χ0n) is 20.8. The van der Waals surface area contributed by atoms with Crippen LogP contribution >= 0.6 is 0 Å². The fourth-order valence-corrected chi connectivity index (χ4v) is 6.17. The van der Waals surface area contributed by atoms with Gasteiger partial charge in [-0.3, -0.25) is 0 Å². The van der Waals surface area contributed by atoms with Crippen molar-refractivity contribution in [3.05, 3.63) is 29.8 Å². The van der Waals surface area contributed by atoms with Crippen LogP contribution in [0.25, 0.3) is 0 Å². The molecule has 2 aliphatic rings. The third-order valence-corrected chi connectivity index (χ3v) is 8.37. The van der Waals surface area contributed by atoms with Gasteiger partial charge >= 0.3 is 0 Å². The van der Waals surface area contributed by atoms with Crippen molar-refractivity contribution in [2.24, 2.45) is 17.8 Å². The molecule has 0 aliphatic heterocycles. The van der Waals surface area contributed by atoms with Gasteiger partial charge in [0.05, 0.1) is 6.61 Å². The van der Waals surface area contributed by atoms with E-state index in [0.29, 0.717) is 0 Å². The third kappa shape index (κ3) is 8.82. The zero-order chi connectivity index (χ0) is 21.7. The van der Waals surface area contributed by atoms with Crippen LogP contribution in [0.5, 0.6) is 5.75 Å². The Hall–Kier alpha value is -0.980. The molecule has 0 unspecified atom stereocenters. The minimum atomic E-state index is 0.781. The molecule has 1 heteroatoms. The van der Waals surface area contributed by atoms with Crippen LogP contribution in [0.2, 0.25) is 0 Å². The highest BCUT2D eigenvalue weighted by Crippen LogP contribution is 2.38. The van der Waals surface area contributed by atoms with Crippen molar-refractivity contribution in [3.63, 3.8) is 0 Å². The van der Waals surface area contributed by atoms with E-state index in [2.05, 4.69) is 38.1 Å². The number of hydrogen-bond donors (Lipinski definition) is 0. The van der Waals surface area contributed by atoms with Gasteiger partial charge in [0, 0.05) is 0 Å². The second kappa shape index (κ2) is 14.2. The van der Waals surface area contributed by atoms with Crippen molar-refractivity contribution in [2.45, 2.75) is 129 Å². The van der Waals surface area contributed by atoms with Gasteiger partial charge in [0.2, 0.25) is 0 Å². The smallest absolute Gasteiger partial charge is 0.119 e. The van der Waals surface area contributed by atoms with Gasteiger partial charge in [0.15, 0.2) is 0 Å². The van der Waals surface area contributed by atoms with Crippen LogP contribution in [0.4, 0.5) is 0 Å². The highest BCUT2D eigenvalue weighted by molar-refractivity contribution is 5.29. The molecule has 0 saturated heterocycles. The fraction of sp³-hybridized carbons (Fsp3) is 0.800. The number of hydrogen-bond acceptors (Lipinski definition) is 1. The van der Waals surface area contributed by atoms with Crippen LogP contribution < -0.4 is 4.74 Å². The third-order valence-electron chi connectivity index (χ3n) is 8.37. The molecule has 0 amide bonds. The molecule has 0 spiro atoms. The zero-order valence-corrected chi connectivity index (χ0v) is 20.8. The summed E-state index contributed by atoms with van der Waals surface area (Å²) in [6.45, 7) is 5.52. The van der Waals surface area contributed by atoms with Crippen molar-refractivity contribution in [1.82, 2.24) is 0 Å². The van der Waals surface area contributed by atoms with Crippen molar-refractivity contribution in [3.8, 4) is 5.75 Å². The maximum Gasteiger partial charge on any atom is 0.119 e. The number of ether oxygens (including phenoxy) is 1. The van der Waals surface area contributed by atoms with Crippen LogP contribution in [0.15, 0.2) is 24.3 Å². The van der Waals surface area contributed by atoms with Crippen molar-refractivity contribution in [2.75, 3.05) is 6.61 Å². The SMILES string of the molecule is CCCCCC1CCC(c2ccc(OCCCC3CCC(CCCC)CC3)cc2)CC1. The normalized spacial score (nSPS) is 26.6. The summed E-state index contributed by atoms with van der Waals surface area (Å²) in [6.07, 6.45) is 24.1. The second-order valence-electron chi connectivity index (χ2n) is 10.8. The Bertz CT molecular complexity index is 561. The predicted octanol–water partition coefficient (Wildman–Crippen LogP) is 9.70. The summed E-state index contributed by atoms with van der Waals surface area (Å²) in [5, 5.41) is 0. The topological polar surface area (TPSA) is 9.23 Å². The first kappa shape index (κ1) is 24.7. The molecule has 0 bridgehead atoms. The Morgan fingerprint density at radius 2 is 1.13 bits per heavy atom. The minimum Gasteiger partial charge on any atom is -0.494 e. The molecular weight excluding hydrogens is 376 g/mol. The van der Waals surface area contributed by atoms with E-state index in [-0.39, 0.29) is 0 Å². The van der Waals surface area contributed by atoms with E-state index in [1.54, 1.807) is 5.56 Å². The van der Waals surface area contributed by atoms with Gasteiger partial charge in [-0.25, -0.2) is 0 Å². The lowest BCUT2D eigenvalue weighted by molar-refractivity contribution is 0.228. The molecule has 0 aromatic heterocycles. The number of benzene rings is 1. The molecule has 3 rings (SSSR count). The van der Waals surface area contributed by atoms with Crippen LogP contribution in [0, 0.1) is 17.8 Å². The van der Waals surface area contributed by atoms with Gasteiger partial charge in [-0.2, -0.15) is 0 Å². The Kier molecular flexibility index (Phi) is 11.3. The largest absolute Gasteiger partial charge is 0.494 e. The van der Waals surface area contributed by atoms with Crippen molar-refractivity contribution >= 4 is 0 Å². The summed E-state index contributed by atoms with van der Waals surface area (Å²) in [5.74, 6) is 4.84. The monoisotopic (exact) mass is 426 g/mol. The number of unbranched alkanes of at least 4 members (excludes halogenated alkanes) is 3. The molecule has 0 heterocycles. The Balaban J connectivity index is 1.27. The lowest BCUT2D eigenvalue weighted by Crippen LogP contribution is -2.15. The van der Waals surface area contributed by atoms with E-state index in [4.69, 9.17) is 4.74 Å². The molecule has 31 heavy (non-hydrogen) atoms. The van der Waals surface area contributed by atoms with Crippen LogP contribution in [0.1, 0.15) is 134 Å². The summed E-state index contributed by atoms with van der Waals surface area (Å²) >= 11 is 0. The molecule has 2 fully saturated rings. The van der Waals surface area contributed by atoms with E-state index in [9.17, 15) is 0 Å². The van der Waals surface area contributed by atoms with Gasteiger partial charge in [0.1, 0.15) is 5.75 Å². The summed E-state index contributed by atoms with van der Waals surface area (Å²) in [6, 6.07) is 9.13. The Morgan fingerprint density at radius 1 is 0.613 bits per heavy atom. The molecule has 1 aromatic carbocycles. The maximum absolute atomic E-state index is 6.09. The van der Waals surface area contributed by atoms with E-state index in [1.165, 1.54) is 109 Å². The highest BCUT2D eigenvalue weighted by Gasteiger charge is 2.22. The fourth-order valence-electron chi connectivity index (χ4n) is 6.17. The average Bonchev–Trinajstić information content (AvgIpc) is 2.82. The van der Waals surface area contributed by atoms with E-state index < -0.39 is 0 Å². The first-order chi connectivity index (χ1) is 15.3. The van der Waals surface area contributed by atoms with E-state index in [0.717, 1.165) is 36.0 Å². The van der Waals surface area contributed by atoms with E-state index in [1.807, 2.05) is 0 Å². The van der Waals surface area contributed by atoms with Gasteiger partial charge in [-0.15, -0.1) is 0 Å². The quantitative estimate of drug-likeness (QED) is 0.285. The first-order valence-corrected chi connectivity index (χ1v) is 14.0. The molecule has 176 valence electrons. The van der Waals surface area contributed by atoms with Gasteiger partial charge in [-0.05, 0) is 79.9 Å². The predicted molar refractivity (Wildman–Crippen MR) is 135 cm³/mol.